The molecule has 0 aliphatic carbocycles. The fourth-order valence-corrected chi connectivity index (χ4v) is 3.11. The molecule has 114 valence electrons. The number of hydrogen-bond donors (Lipinski definition) is 1. The van der Waals surface area contributed by atoms with Gasteiger partial charge in [0.1, 0.15) is 18.2 Å². The minimum Gasteiger partial charge on any atom is -0.488 e. The van der Waals surface area contributed by atoms with Gasteiger partial charge in [-0.25, -0.2) is 4.39 Å². The van der Waals surface area contributed by atoms with Crippen molar-refractivity contribution in [2.24, 2.45) is 0 Å². The van der Waals surface area contributed by atoms with E-state index in [0.29, 0.717) is 12.4 Å². The molecule has 1 aromatic carbocycles. The van der Waals surface area contributed by atoms with Crippen LogP contribution in [0.15, 0.2) is 24.3 Å². The molecule has 0 saturated heterocycles. The Labute approximate surface area is 130 Å². The van der Waals surface area contributed by atoms with Gasteiger partial charge in [0.2, 0.25) is 0 Å². The SMILES string of the molecule is CCCNCc1cc(COc2cc(F)ccc2C)c(C)s1. The maximum atomic E-state index is 13.2. The van der Waals surface area contributed by atoms with Crippen LogP contribution >= 0.6 is 11.3 Å². The van der Waals surface area contributed by atoms with Crippen LogP contribution in [0, 0.1) is 19.7 Å². The first-order chi connectivity index (χ1) is 10.1. The van der Waals surface area contributed by atoms with Crippen molar-refractivity contribution >= 4 is 11.3 Å². The van der Waals surface area contributed by atoms with E-state index < -0.39 is 0 Å². The lowest BCUT2D eigenvalue weighted by Gasteiger charge is -2.08. The van der Waals surface area contributed by atoms with Crippen molar-refractivity contribution in [2.45, 2.75) is 40.3 Å². The second-order valence-electron chi connectivity index (χ2n) is 5.17. The number of nitrogens with one attached hydrogen (secondary N) is 1. The summed E-state index contributed by atoms with van der Waals surface area (Å²) in [5.74, 6) is 0.355. The minimum absolute atomic E-state index is 0.262. The summed E-state index contributed by atoms with van der Waals surface area (Å²) < 4.78 is 19.0. The third-order valence-corrected chi connectivity index (χ3v) is 4.42. The Kier molecular flexibility index (Phi) is 5.76. The topological polar surface area (TPSA) is 21.3 Å². The lowest BCUT2D eigenvalue weighted by molar-refractivity contribution is 0.302. The van der Waals surface area contributed by atoms with Crippen molar-refractivity contribution < 1.29 is 9.13 Å². The molecule has 1 aromatic heterocycles. The van der Waals surface area contributed by atoms with Crippen molar-refractivity contribution in [2.75, 3.05) is 6.54 Å². The molecule has 2 nitrogen and oxygen atoms in total. The van der Waals surface area contributed by atoms with Crippen molar-refractivity contribution in [1.82, 2.24) is 5.32 Å². The zero-order valence-electron chi connectivity index (χ0n) is 12.8. The van der Waals surface area contributed by atoms with Crippen LogP contribution in [0.4, 0.5) is 4.39 Å². The summed E-state index contributed by atoms with van der Waals surface area (Å²) >= 11 is 1.79. The van der Waals surface area contributed by atoms with Gasteiger partial charge in [0.05, 0.1) is 0 Å². The number of hydrogen-bond acceptors (Lipinski definition) is 3. The summed E-state index contributed by atoms with van der Waals surface area (Å²) in [5.41, 5.74) is 2.13. The van der Waals surface area contributed by atoms with E-state index in [2.05, 4.69) is 25.2 Å². The summed E-state index contributed by atoms with van der Waals surface area (Å²) in [6.45, 7) is 8.61. The third kappa shape index (κ3) is 4.55. The number of benzene rings is 1. The highest BCUT2D eigenvalue weighted by Gasteiger charge is 2.08. The van der Waals surface area contributed by atoms with Gasteiger partial charge >= 0.3 is 0 Å². The van der Waals surface area contributed by atoms with E-state index in [1.165, 1.54) is 27.5 Å². The maximum absolute atomic E-state index is 13.2. The van der Waals surface area contributed by atoms with Gasteiger partial charge < -0.3 is 10.1 Å². The van der Waals surface area contributed by atoms with Crippen LogP contribution in [0.25, 0.3) is 0 Å². The van der Waals surface area contributed by atoms with Gasteiger partial charge in [-0.05, 0) is 44.5 Å². The smallest absolute Gasteiger partial charge is 0.126 e. The highest BCUT2D eigenvalue weighted by Crippen LogP contribution is 2.25. The number of thiophene rings is 1. The lowest BCUT2D eigenvalue weighted by atomic mass is 10.2. The van der Waals surface area contributed by atoms with Crippen LogP contribution in [-0.2, 0) is 13.2 Å². The van der Waals surface area contributed by atoms with Crippen LogP contribution in [0.1, 0.15) is 34.2 Å². The number of aryl methyl sites for hydroxylation is 2. The minimum atomic E-state index is -0.262. The van der Waals surface area contributed by atoms with E-state index in [9.17, 15) is 4.39 Å². The van der Waals surface area contributed by atoms with Crippen LogP contribution < -0.4 is 10.1 Å². The Morgan fingerprint density at radius 3 is 2.81 bits per heavy atom. The van der Waals surface area contributed by atoms with Gasteiger partial charge in [-0.3, -0.25) is 0 Å². The molecule has 0 aliphatic rings. The van der Waals surface area contributed by atoms with E-state index >= 15 is 0 Å². The van der Waals surface area contributed by atoms with Crippen LogP contribution in [0.2, 0.25) is 0 Å². The molecule has 0 saturated carbocycles. The number of rotatable bonds is 7. The lowest BCUT2D eigenvalue weighted by Crippen LogP contribution is -2.12. The van der Waals surface area contributed by atoms with Crippen molar-refractivity contribution in [1.29, 1.82) is 0 Å². The molecule has 4 heteroatoms. The summed E-state index contributed by atoms with van der Waals surface area (Å²) in [6.07, 6.45) is 1.14. The Balaban J connectivity index is 1.98. The first-order valence-electron chi connectivity index (χ1n) is 7.28. The van der Waals surface area contributed by atoms with E-state index in [-0.39, 0.29) is 5.82 Å². The Hall–Kier alpha value is -1.39. The van der Waals surface area contributed by atoms with Crippen LogP contribution in [-0.4, -0.2) is 6.54 Å². The molecule has 0 amide bonds. The predicted molar refractivity (Wildman–Crippen MR) is 86.5 cm³/mol. The van der Waals surface area contributed by atoms with Gasteiger partial charge in [-0.1, -0.05) is 13.0 Å². The van der Waals surface area contributed by atoms with Gasteiger partial charge in [0.25, 0.3) is 0 Å². The monoisotopic (exact) mass is 307 g/mol. The summed E-state index contributed by atoms with van der Waals surface area (Å²) in [4.78, 5) is 2.58. The molecule has 0 atom stereocenters. The number of halogens is 1. The van der Waals surface area contributed by atoms with Gasteiger partial charge in [-0.2, -0.15) is 0 Å². The average molecular weight is 307 g/mol. The van der Waals surface area contributed by atoms with Gasteiger partial charge in [0, 0.05) is 27.9 Å². The van der Waals surface area contributed by atoms with Crippen molar-refractivity contribution in [3.05, 3.63) is 51.0 Å². The second kappa shape index (κ2) is 7.57. The van der Waals surface area contributed by atoms with E-state index in [1.54, 1.807) is 17.4 Å². The standard InChI is InChI=1S/C17H22FNOS/c1-4-7-19-10-16-8-14(13(3)21-16)11-20-17-9-15(18)6-5-12(17)2/h5-6,8-9,19H,4,7,10-11H2,1-3H3. The molecular formula is C17H22FNOS. The molecule has 0 bridgehead atoms. The maximum Gasteiger partial charge on any atom is 0.126 e. The summed E-state index contributed by atoms with van der Waals surface area (Å²) in [6, 6.07) is 6.82. The van der Waals surface area contributed by atoms with Crippen LogP contribution in [0.5, 0.6) is 5.75 Å². The zero-order valence-corrected chi connectivity index (χ0v) is 13.6. The number of ether oxygens (including phenoxy) is 1. The first kappa shape index (κ1) is 16.0. The summed E-state index contributed by atoms with van der Waals surface area (Å²) in [7, 11) is 0. The van der Waals surface area contributed by atoms with E-state index in [0.717, 1.165) is 25.1 Å². The molecule has 0 fully saturated rings. The van der Waals surface area contributed by atoms with Crippen molar-refractivity contribution in [3.63, 3.8) is 0 Å². The summed E-state index contributed by atoms with van der Waals surface area (Å²) in [5, 5.41) is 3.40. The normalized spacial score (nSPS) is 10.9. The van der Waals surface area contributed by atoms with E-state index in [4.69, 9.17) is 4.74 Å². The first-order valence-corrected chi connectivity index (χ1v) is 8.09. The molecule has 2 rings (SSSR count). The Morgan fingerprint density at radius 1 is 1.24 bits per heavy atom. The molecular weight excluding hydrogens is 285 g/mol. The van der Waals surface area contributed by atoms with Gasteiger partial charge in [-0.15, -0.1) is 11.3 Å². The molecule has 0 radical (unpaired) electrons. The van der Waals surface area contributed by atoms with Crippen LogP contribution in [0.3, 0.4) is 0 Å². The molecule has 2 aromatic rings. The predicted octanol–water partition coefficient (Wildman–Crippen LogP) is 4.58. The molecule has 1 heterocycles. The Bertz CT molecular complexity index is 594. The van der Waals surface area contributed by atoms with E-state index in [1.807, 2.05) is 6.92 Å². The fourth-order valence-electron chi connectivity index (χ4n) is 2.09. The molecule has 0 spiro atoms. The molecule has 0 unspecified atom stereocenters. The largest absolute Gasteiger partial charge is 0.488 e. The fraction of sp³-hybridized carbons (Fsp3) is 0.412. The molecule has 21 heavy (non-hydrogen) atoms. The molecule has 0 aliphatic heterocycles. The third-order valence-electron chi connectivity index (χ3n) is 3.33. The van der Waals surface area contributed by atoms with Gasteiger partial charge in [0.15, 0.2) is 0 Å². The zero-order chi connectivity index (χ0) is 15.2. The molecule has 1 N–H and O–H groups in total. The van der Waals surface area contributed by atoms with Crippen molar-refractivity contribution in [3.8, 4) is 5.75 Å². The quantitative estimate of drug-likeness (QED) is 0.756. The second-order valence-corrected chi connectivity index (χ2v) is 6.51. The average Bonchev–Trinajstić information content (AvgIpc) is 2.80. The Morgan fingerprint density at radius 2 is 2.05 bits per heavy atom. The highest BCUT2D eigenvalue weighted by atomic mass is 32.1. The highest BCUT2D eigenvalue weighted by molar-refractivity contribution is 7.12.